The third-order valence-electron chi connectivity index (χ3n) is 2.98. The number of hydrogen-bond acceptors (Lipinski definition) is 3. The Hall–Kier alpha value is -0.0500. The summed E-state index contributed by atoms with van der Waals surface area (Å²) in [4.78, 5) is 10.0. The molecule has 1 unspecified atom stereocenters. The van der Waals surface area contributed by atoms with E-state index in [9.17, 15) is 4.91 Å². The van der Waals surface area contributed by atoms with E-state index in [0.29, 0.717) is 12.5 Å². The lowest BCUT2D eigenvalue weighted by atomic mass is 9.95. The first kappa shape index (κ1) is 14.9. The van der Waals surface area contributed by atoms with Gasteiger partial charge in [0, 0.05) is 0 Å². The number of nitroso groups, excluding NO2 is 1. The Morgan fingerprint density at radius 3 is 2.33 bits per heavy atom. The topological polar surface area (TPSA) is 29.4 Å². The normalized spacial score (nSPS) is 12.7. The predicted octanol–water partition coefficient (Wildman–Crippen LogP) is 4.44. The average molecular weight is 231 g/mol. The Morgan fingerprint density at radius 2 is 1.73 bits per heavy atom. The monoisotopic (exact) mass is 231 g/mol. The average Bonchev–Trinajstić information content (AvgIpc) is 2.27. The van der Waals surface area contributed by atoms with Gasteiger partial charge in [0.2, 0.25) is 0 Å². The molecule has 0 bridgehead atoms. The third-order valence-corrected chi connectivity index (χ3v) is 3.29. The molecule has 0 heterocycles. The van der Waals surface area contributed by atoms with E-state index in [4.69, 9.17) is 0 Å². The second-order valence-corrected chi connectivity index (χ2v) is 4.64. The Balaban J connectivity index is 3.26. The van der Waals surface area contributed by atoms with Gasteiger partial charge in [0.05, 0.1) is 6.54 Å². The zero-order chi connectivity index (χ0) is 11.4. The first-order chi connectivity index (χ1) is 7.35. The number of nitrogens with zero attached hydrogens (tertiary/aromatic N) is 1. The van der Waals surface area contributed by atoms with Crippen LogP contribution in [0.4, 0.5) is 0 Å². The maximum atomic E-state index is 10.0. The summed E-state index contributed by atoms with van der Waals surface area (Å²) >= 11 is 4.19. The first-order valence-electron chi connectivity index (χ1n) is 6.25. The standard InChI is InChI=1S/C12H25NOS/c1-2-12(9-10-13-14)8-6-4-3-5-7-11-15/h12,15H,2-11H2,1H3. The minimum Gasteiger partial charge on any atom is -0.179 e. The molecule has 90 valence electrons. The fourth-order valence-electron chi connectivity index (χ4n) is 1.86. The predicted molar refractivity (Wildman–Crippen MR) is 70.6 cm³/mol. The molecule has 15 heavy (non-hydrogen) atoms. The highest BCUT2D eigenvalue weighted by Gasteiger charge is 2.05. The molecule has 0 radical (unpaired) electrons. The van der Waals surface area contributed by atoms with Crippen molar-refractivity contribution in [2.24, 2.45) is 11.1 Å². The summed E-state index contributed by atoms with van der Waals surface area (Å²) in [5.74, 6) is 1.73. The quantitative estimate of drug-likeness (QED) is 0.318. The van der Waals surface area contributed by atoms with E-state index >= 15 is 0 Å². The van der Waals surface area contributed by atoms with Gasteiger partial charge in [0.15, 0.2) is 0 Å². The van der Waals surface area contributed by atoms with Gasteiger partial charge in [0.1, 0.15) is 0 Å². The van der Waals surface area contributed by atoms with Gasteiger partial charge in [-0.3, -0.25) is 0 Å². The first-order valence-corrected chi connectivity index (χ1v) is 6.88. The van der Waals surface area contributed by atoms with E-state index in [-0.39, 0.29) is 0 Å². The van der Waals surface area contributed by atoms with E-state index < -0.39 is 0 Å². The molecule has 0 aromatic rings. The van der Waals surface area contributed by atoms with Gasteiger partial charge in [0.25, 0.3) is 0 Å². The Bertz CT molecular complexity index is 142. The van der Waals surface area contributed by atoms with Crippen molar-refractivity contribution in [2.75, 3.05) is 12.3 Å². The number of unbranched alkanes of at least 4 members (excludes halogenated alkanes) is 4. The van der Waals surface area contributed by atoms with E-state index in [1.165, 1.54) is 44.9 Å². The molecule has 0 aromatic carbocycles. The highest BCUT2D eigenvalue weighted by atomic mass is 32.1. The second kappa shape index (κ2) is 12.0. The van der Waals surface area contributed by atoms with Crippen molar-refractivity contribution in [1.82, 2.24) is 0 Å². The molecular formula is C12H25NOS. The van der Waals surface area contributed by atoms with Gasteiger partial charge in [-0.2, -0.15) is 17.5 Å². The van der Waals surface area contributed by atoms with Crippen molar-refractivity contribution >= 4 is 12.6 Å². The number of rotatable bonds is 11. The molecule has 0 aliphatic heterocycles. The van der Waals surface area contributed by atoms with Gasteiger partial charge in [-0.25, -0.2) is 0 Å². The molecule has 1 atom stereocenters. The molecule has 2 nitrogen and oxygen atoms in total. The molecule has 0 aromatic heterocycles. The van der Waals surface area contributed by atoms with Crippen molar-refractivity contribution < 1.29 is 0 Å². The maximum absolute atomic E-state index is 10.0. The third kappa shape index (κ3) is 10.2. The smallest absolute Gasteiger partial charge is 0.0813 e. The van der Waals surface area contributed by atoms with Crippen LogP contribution >= 0.6 is 12.6 Å². The van der Waals surface area contributed by atoms with Gasteiger partial charge >= 0.3 is 0 Å². The highest BCUT2D eigenvalue weighted by molar-refractivity contribution is 7.80. The van der Waals surface area contributed by atoms with Crippen LogP contribution in [0, 0.1) is 10.8 Å². The minimum absolute atomic E-state index is 0.498. The van der Waals surface area contributed by atoms with Gasteiger partial charge in [-0.1, -0.05) is 50.6 Å². The zero-order valence-corrected chi connectivity index (χ0v) is 10.8. The van der Waals surface area contributed by atoms with E-state index in [0.717, 1.165) is 12.2 Å². The molecule has 0 fully saturated rings. The van der Waals surface area contributed by atoms with E-state index in [2.05, 4.69) is 24.7 Å². The van der Waals surface area contributed by atoms with Crippen LogP contribution < -0.4 is 0 Å². The van der Waals surface area contributed by atoms with Crippen LogP contribution in [-0.2, 0) is 0 Å². The summed E-state index contributed by atoms with van der Waals surface area (Å²) < 4.78 is 0. The van der Waals surface area contributed by atoms with Crippen molar-refractivity contribution in [1.29, 1.82) is 0 Å². The maximum Gasteiger partial charge on any atom is 0.0813 e. The van der Waals surface area contributed by atoms with Crippen molar-refractivity contribution in [3.05, 3.63) is 4.91 Å². The summed E-state index contributed by atoms with van der Waals surface area (Å²) in [5.41, 5.74) is 0. The van der Waals surface area contributed by atoms with Crippen LogP contribution in [0.25, 0.3) is 0 Å². The van der Waals surface area contributed by atoms with Gasteiger partial charge < -0.3 is 0 Å². The SMILES string of the molecule is CCC(CCCCCCCS)CCN=O. The zero-order valence-electron chi connectivity index (χ0n) is 9.95. The molecule has 0 aliphatic carbocycles. The van der Waals surface area contributed by atoms with Crippen LogP contribution in [0.3, 0.4) is 0 Å². The van der Waals surface area contributed by atoms with Crippen LogP contribution in [0.2, 0.25) is 0 Å². The lowest BCUT2D eigenvalue weighted by Gasteiger charge is -2.12. The van der Waals surface area contributed by atoms with Gasteiger partial charge in [-0.15, -0.1) is 0 Å². The lowest BCUT2D eigenvalue weighted by molar-refractivity contribution is 0.418. The number of thiol groups is 1. The summed E-state index contributed by atoms with van der Waals surface area (Å²) in [6, 6.07) is 0. The largest absolute Gasteiger partial charge is 0.179 e. The minimum atomic E-state index is 0.498. The Morgan fingerprint density at radius 1 is 1.07 bits per heavy atom. The van der Waals surface area contributed by atoms with Gasteiger partial charge in [-0.05, 0) is 24.5 Å². The molecule has 3 heteroatoms. The summed E-state index contributed by atoms with van der Waals surface area (Å²) in [5, 5.41) is 2.93. The fourth-order valence-corrected chi connectivity index (χ4v) is 2.09. The molecule has 0 rings (SSSR count). The molecule has 0 saturated heterocycles. The molecule has 0 N–H and O–H groups in total. The van der Waals surface area contributed by atoms with Crippen LogP contribution in [-0.4, -0.2) is 12.3 Å². The highest BCUT2D eigenvalue weighted by Crippen LogP contribution is 2.18. The Kier molecular flexibility index (Phi) is 12.0. The van der Waals surface area contributed by atoms with E-state index in [1.54, 1.807) is 0 Å². The van der Waals surface area contributed by atoms with Crippen molar-refractivity contribution in [2.45, 2.75) is 58.3 Å². The molecular weight excluding hydrogens is 206 g/mol. The molecule has 0 spiro atoms. The van der Waals surface area contributed by atoms with Crippen LogP contribution in [0.15, 0.2) is 5.18 Å². The van der Waals surface area contributed by atoms with Crippen LogP contribution in [0.1, 0.15) is 58.3 Å². The summed E-state index contributed by atoms with van der Waals surface area (Å²) in [7, 11) is 0. The Labute approximate surface area is 99.6 Å². The van der Waals surface area contributed by atoms with E-state index in [1.807, 2.05) is 0 Å². The van der Waals surface area contributed by atoms with Crippen LogP contribution in [0.5, 0.6) is 0 Å². The molecule has 0 amide bonds. The molecule has 0 saturated carbocycles. The summed E-state index contributed by atoms with van der Waals surface area (Å²) in [6.07, 6.45) is 9.98. The fraction of sp³-hybridized carbons (Fsp3) is 1.00. The summed E-state index contributed by atoms with van der Waals surface area (Å²) in [6.45, 7) is 2.70. The second-order valence-electron chi connectivity index (χ2n) is 4.20. The number of hydrogen-bond donors (Lipinski definition) is 1. The lowest BCUT2D eigenvalue weighted by Crippen LogP contribution is -2.00. The van der Waals surface area contributed by atoms with Crippen molar-refractivity contribution in [3.8, 4) is 0 Å². The van der Waals surface area contributed by atoms with Crippen molar-refractivity contribution in [3.63, 3.8) is 0 Å². The molecule has 0 aliphatic rings.